The molecule has 0 unspecified atom stereocenters. The minimum atomic E-state index is -2.80. The fourth-order valence-corrected chi connectivity index (χ4v) is 12.8. The molecule has 15 aromatic rings. The normalized spacial score (nSPS) is 14.3. The molecule has 0 radical (unpaired) electrons. The third kappa shape index (κ3) is 7.71. The first-order valence-electron chi connectivity index (χ1n) is 33.5. The topological polar surface area (TPSA) is 40.8 Å². The minimum absolute atomic E-state index is 0.00113. The van der Waals surface area contributed by atoms with Crippen molar-refractivity contribution in [3.05, 3.63) is 278 Å². The van der Waals surface area contributed by atoms with Crippen LogP contribution in [0.25, 0.3) is 133 Å². The van der Waals surface area contributed by atoms with E-state index in [1.165, 1.54) is 18.2 Å². The second-order valence-electron chi connectivity index (χ2n) is 22.5. The van der Waals surface area contributed by atoms with Crippen LogP contribution in [0, 0.1) is 20.0 Å². The molecule has 0 saturated heterocycles. The summed E-state index contributed by atoms with van der Waals surface area (Å²) < 4.78 is 115. The highest BCUT2D eigenvalue weighted by atomic mass is 16.5. The number of pyridine rings is 1. The Labute approximate surface area is 503 Å². The van der Waals surface area contributed by atoms with Crippen LogP contribution in [0.15, 0.2) is 255 Å². The molecule has 0 bridgehead atoms. The lowest BCUT2D eigenvalue weighted by Gasteiger charge is -2.22. The first kappa shape index (κ1) is 39.0. The molecule has 0 amide bonds. The second kappa shape index (κ2) is 19.0. The third-order valence-corrected chi connectivity index (χ3v) is 16.6. The van der Waals surface area contributed by atoms with Gasteiger partial charge in [-0.2, -0.15) is 0 Å². The van der Waals surface area contributed by atoms with Crippen molar-refractivity contribution in [3.8, 4) is 90.0 Å². The average Bonchev–Trinajstić information content (AvgIpc) is 1.58. The van der Waals surface area contributed by atoms with Crippen LogP contribution >= 0.6 is 0 Å². The maximum absolute atomic E-state index is 9.48. The number of hydrogen-bond donors (Lipinski definition) is 0. The number of rotatable bonds is 7. The first-order valence-corrected chi connectivity index (χ1v) is 28.0. The second-order valence-corrected chi connectivity index (χ2v) is 22.5. The quantitative estimate of drug-likeness (QED) is 0.118. The summed E-state index contributed by atoms with van der Waals surface area (Å²) in [4.78, 5) is 4.92. The molecule has 0 N–H and O–H groups in total. The number of aryl methyl sites for hydroxylation is 2. The van der Waals surface area contributed by atoms with Gasteiger partial charge in [-0.25, -0.2) is 4.98 Å². The van der Waals surface area contributed by atoms with Crippen molar-refractivity contribution in [1.29, 1.82) is 0 Å². The molecule has 0 fully saturated rings. The van der Waals surface area contributed by atoms with Gasteiger partial charge in [0.2, 0.25) is 0 Å². The van der Waals surface area contributed by atoms with Crippen molar-refractivity contribution < 1.29 is 24.4 Å². The molecule has 0 aliphatic carbocycles. The lowest BCUT2D eigenvalue weighted by molar-refractivity contribution is -0.570. The molecule has 0 spiro atoms. The van der Waals surface area contributed by atoms with Gasteiger partial charge in [0, 0.05) is 47.7 Å². The van der Waals surface area contributed by atoms with Crippen LogP contribution in [-0.2, 0) is 5.41 Å². The fraction of sp³-hybridized carbons (Fsp3) is 0.0769. The van der Waals surface area contributed by atoms with Crippen molar-refractivity contribution in [2.24, 2.45) is 0 Å². The summed E-state index contributed by atoms with van der Waals surface area (Å²) in [5.74, 6) is 1.87. The lowest BCUT2D eigenvalue weighted by Crippen LogP contribution is -2.32. The highest BCUT2D eigenvalue weighted by Gasteiger charge is 2.30. The Morgan fingerprint density at radius 3 is 1.80 bits per heavy atom. The number of benzene rings is 11. The molecule has 4 aromatic heterocycles. The van der Waals surface area contributed by atoms with Crippen LogP contribution in [0.1, 0.15) is 52.5 Å². The average molecular weight is 1090 g/mol. The van der Waals surface area contributed by atoms with E-state index in [2.05, 4.69) is 103 Å². The van der Waals surface area contributed by atoms with Crippen LogP contribution in [0.4, 0.5) is 0 Å². The van der Waals surface area contributed by atoms with Gasteiger partial charge >= 0.3 is 0 Å². The molecular formula is C78H57N5O. The van der Waals surface area contributed by atoms with Crippen molar-refractivity contribution >= 4 is 54.6 Å². The zero-order valence-corrected chi connectivity index (χ0v) is 46.0. The predicted octanol–water partition coefficient (Wildman–Crippen LogP) is 19.7. The van der Waals surface area contributed by atoms with Gasteiger partial charge in [0.05, 0.1) is 51.3 Å². The smallest absolute Gasteiger partial charge is 0.269 e. The van der Waals surface area contributed by atoms with E-state index in [4.69, 9.17) is 22.1 Å². The van der Waals surface area contributed by atoms with Gasteiger partial charge < -0.3 is 9.30 Å². The van der Waals surface area contributed by atoms with E-state index in [0.717, 1.165) is 60.7 Å². The zero-order chi connectivity index (χ0) is 65.7. The Hall–Kier alpha value is -10.6. The van der Waals surface area contributed by atoms with Crippen LogP contribution in [-0.4, -0.2) is 18.7 Å². The molecule has 1 aliphatic heterocycles. The monoisotopic (exact) mass is 1090 g/mol. The Morgan fingerprint density at radius 2 is 1.07 bits per heavy atom. The van der Waals surface area contributed by atoms with E-state index >= 15 is 0 Å². The maximum atomic E-state index is 9.48. The molecule has 400 valence electrons. The summed E-state index contributed by atoms with van der Waals surface area (Å²) >= 11 is 0. The van der Waals surface area contributed by atoms with Crippen molar-refractivity contribution in [2.45, 2.75) is 39.9 Å². The molecule has 0 atom stereocenters. The Kier molecular flexibility index (Phi) is 8.82. The number of ether oxygens (including phenoxy) is 1. The Bertz CT molecular complexity index is 5640. The van der Waals surface area contributed by atoms with Crippen molar-refractivity contribution in [3.63, 3.8) is 0 Å². The summed E-state index contributed by atoms with van der Waals surface area (Å²) in [5.41, 5.74) is 11.7. The van der Waals surface area contributed by atoms with Crippen LogP contribution < -0.4 is 9.30 Å². The standard InChI is InChI=1S/C78H57N5O/c1-49-21-17-22-50(2)74(49)66-35-20-34-65-64-33-19-32-57(51-23-7-6-8-24-51)75(64)63-31-10-9-27-58(63)67-45-54(82-68-36-14-11-28-59(68)60-29-12-15-37-69(60)82)46-72-77(67)81(76(65)66)48-80(72)53-25-18-26-55(44-53)84-56-39-40-62-61-30-13-16-38-70(61)83(71(62)47-56)73-43-52(41-42-79-73)78(3,4)5/h6-47H,1-5H3/i1D3,2D3,6D,7D,8D,23D,24D. The molecule has 11 aromatic carbocycles. The molecule has 84 heavy (non-hydrogen) atoms. The maximum Gasteiger partial charge on any atom is 0.269 e. The van der Waals surface area contributed by atoms with Crippen molar-refractivity contribution in [2.75, 3.05) is 0 Å². The van der Waals surface area contributed by atoms with E-state index in [0.29, 0.717) is 72.9 Å². The van der Waals surface area contributed by atoms with Gasteiger partial charge in [0.15, 0.2) is 0 Å². The van der Waals surface area contributed by atoms with E-state index in [1.54, 1.807) is 24.3 Å². The Balaban J connectivity index is 1.02. The molecule has 6 heteroatoms. The first-order chi connectivity index (χ1) is 45.6. The Morgan fingerprint density at radius 1 is 0.464 bits per heavy atom. The summed E-state index contributed by atoms with van der Waals surface area (Å²) in [6.45, 7) is 0.960. The molecule has 5 heterocycles. The number of imidazole rings is 1. The summed E-state index contributed by atoms with van der Waals surface area (Å²) in [6.07, 6.45) is 5.70. The molecule has 16 rings (SSSR count). The molecular weight excluding hydrogens is 1020 g/mol. The van der Waals surface area contributed by atoms with E-state index in [-0.39, 0.29) is 33.2 Å². The number of aromatic nitrogens is 5. The highest BCUT2D eigenvalue weighted by Crippen LogP contribution is 2.50. The van der Waals surface area contributed by atoms with Crippen molar-refractivity contribution in [1.82, 2.24) is 18.7 Å². The van der Waals surface area contributed by atoms with Crippen LogP contribution in [0.2, 0.25) is 0 Å². The summed E-state index contributed by atoms with van der Waals surface area (Å²) in [5, 5.41) is 4.18. The summed E-state index contributed by atoms with van der Waals surface area (Å²) in [6, 6.07) is 67.9. The van der Waals surface area contributed by atoms with Gasteiger partial charge in [-0.15, -0.1) is 0 Å². The zero-order valence-electron chi connectivity index (χ0n) is 57.0. The number of nitrogens with zero attached hydrogens (tertiary/aromatic N) is 5. The van der Waals surface area contributed by atoms with E-state index in [1.807, 2.05) is 125 Å². The molecule has 1 aliphatic rings. The van der Waals surface area contributed by atoms with Gasteiger partial charge in [-0.1, -0.05) is 191 Å². The predicted molar refractivity (Wildman–Crippen MR) is 346 cm³/mol. The van der Waals surface area contributed by atoms with E-state index in [9.17, 15) is 2.74 Å². The van der Waals surface area contributed by atoms with Gasteiger partial charge in [0.1, 0.15) is 17.3 Å². The minimum Gasteiger partial charge on any atom is -0.458 e. The van der Waals surface area contributed by atoms with Gasteiger partial charge in [-0.05, 0) is 164 Å². The van der Waals surface area contributed by atoms with Crippen LogP contribution in [0.3, 0.4) is 0 Å². The fourth-order valence-electron chi connectivity index (χ4n) is 12.8. The van der Waals surface area contributed by atoms with Crippen LogP contribution in [0.5, 0.6) is 11.5 Å². The number of para-hydroxylation sites is 4. The van der Waals surface area contributed by atoms with Gasteiger partial charge in [-0.3, -0.25) is 13.7 Å². The van der Waals surface area contributed by atoms with Gasteiger partial charge in [0.25, 0.3) is 6.33 Å². The highest BCUT2D eigenvalue weighted by molar-refractivity contribution is 6.12. The number of fused-ring (bicyclic) bond motifs is 13. The lowest BCUT2D eigenvalue weighted by atomic mass is 9.83. The largest absolute Gasteiger partial charge is 0.458 e. The molecule has 6 nitrogen and oxygen atoms in total. The molecule has 0 saturated carbocycles. The number of hydrogen-bond acceptors (Lipinski definition) is 2. The summed E-state index contributed by atoms with van der Waals surface area (Å²) in [7, 11) is 0. The SMILES string of the molecule is [2H]c1c([2H])c([2H])c(-c2cccc3c2-c2ccccc2-c2cc(-n4c5ccccc5c5ccccc54)cc4c2[n+]([c-]n4-c2cccc(Oc4ccc5c6ccccc6n(-c6cc(C(C)(C)C)ccn6)c5c4)c2)-c2c-3cccc2-c2c(C([2H])([2H])[2H])cccc2C([2H])([2H])[2H])c([2H])c1[2H]. The van der Waals surface area contributed by atoms with E-state index < -0.39 is 43.9 Å². The third-order valence-electron chi connectivity index (χ3n) is 16.6.